The van der Waals surface area contributed by atoms with Gasteiger partial charge in [0.25, 0.3) is 0 Å². The number of carbonyl (C=O) groups is 2. The number of piperidine rings is 1. The highest BCUT2D eigenvalue weighted by atomic mass is 16.4. The molecule has 190 valence electrons. The van der Waals surface area contributed by atoms with E-state index in [0.717, 1.165) is 24.3 Å². The second-order valence-electron chi connectivity index (χ2n) is 10.7. The molecule has 1 atom stereocenters. The maximum Gasteiger partial charge on any atom is 0.326 e. The number of benzene rings is 2. The van der Waals surface area contributed by atoms with Crippen LogP contribution in [-0.2, 0) is 28.0 Å². The minimum atomic E-state index is -1.04. The van der Waals surface area contributed by atoms with Gasteiger partial charge in [-0.15, -0.1) is 0 Å². The maximum atomic E-state index is 12.9. The number of anilines is 1. The van der Waals surface area contributed by atoms with Gasteiger partial charge in [0.2, 0.25) is 5.91 Å². The summed E-state index contributed by atoms with van der Waals surface area (Å²) in [5.74, 6) is -1.42. The van der Waals surface area contributed by atoms with Crippen molar-refractivity contribution >= 4 is 17.6 Å². The normalized spacial score (nSPS) is 15.5. The van der Waals surface area contributed by atoms with Crippen LogP contribution < -0.4 is 10.2 Å². The van der Waals surface area contributed by atoms with E-state index in [-0.39, 0.29) is 23.7 Å². The molecular weight excluding hydrogens is 452 g/mol. The second kappa shape index (κ2) is 11.0. The van der Waals surface area contributed by atoms with Crippen molar-refractivity contribution in [3.05, 3.63) is 83.9 Å². The fraction of sp³-hybridized carbons (Fsp3) is 0.414. The lowest BCUT2D eigenvalue weighted by Crippen LogP contribution is -2.47. The first kappa shape index (κ1) is 25.5. The monoisotopic (exact) mass is 488 g/mol. The molecule has 1 fully saturated rings. The highest BCUT2D eigenvalue weighted by Crippen LogP contribution is 2.27. The van der Waals surface area contributed by atoms with Crippen molar-refractivity contribution in [2.75, 3.05) is 18.0 Å². The predicted molar refractivity (Wildman–Crippen MR) is 141 cm³/mol. The molecule has 1 aliphatic heterocycles. The standard InChI is InChI=1S/C29H36N4O3/c1-29(2,3)23-9-11-25(12-10-23)33-15-13-22(14-16-33)27(34)31-26(28(35)36)17-24-19-32(20-30-24)18-21-7-5-4-6-8-21/h4-12,19-20,22,26H,13-18H2,1-3H3,(H,31,34)(H,35,36)/t26-/m0/s1. The number of rotatable bonds is 8. The molecule has 0 unspecified atom stereocenters. The van der Waals surface area contributed by atoms with Crippen LogP contribution in [0.2, 0.25) is 0 Å². The molecule has 3 aromatic rings. The van der Waals surface area contributed by atoms with Crippen molar-refractivity contribution in [1.82, 2.24) is 14.9 Å². The number of carboxylic acids is 1. The zero-order chi connectivity index (χ0) is 25.7. The molecule has 1 amide bonds. The molecule has 2 N–H and O–H groups in total. The lowest BCUT2D eigenvalue weighted by molar-refractivity contribution is -0.142. The maximum absolute atomic E-state index is 12.9. The van der Waals surface area contributed by atoms with Crippen molar-refractivity contribution in [1.29, 1.82) is 0 Å². The summed E-state index contributed by atoms with van der Waals surface area (Å²) < 4.78 is 1.93. The molecule has 0 spiro atoms. The highest BCUT2D eigenvalue weighted by molar-refractivity contribution is 5.85. The fourth-order valence-corrected chi connectivity index (χ4v) is 4.66. The first-order chi connectivity index (χ1) is 17.2. The minimum absolute atomic E-state index is 0.115. The first-order valence-corrected chi connectivity index (χ1v) is 12.6. The smallest absolute Gasteiger partial charge is 0.326 e. The van der Waals surface area contributed by atoms with Gasteiger partial charge in [0, 0.05) is 43.9 Å². The van der Waals surface area contributed by atoms with Crippen molar-refractivity contribution in [3.8, 4) is 0 Å². The van der Waals surface area contributed by atoms with E-state index < -0.39 is 12.0 Å². The van der Waals surface area contributed by atoms with Crippen LogP contribution >= 0.6 is 0 Å². The van der Waals surface area contributed by atoms with Gasteiger partial charge in [0.05, 0.1) is 12.0 Å². The quantitative estimate of drug-likeness (QED) is 0.495. The third kappa shape index (κ3) is 6.53. The summed E-state index contributed by atoms with van der Waals surface area (Å²) in [6, 6.07) is 17.7. The van der Waals surface area contributed by atoms with Crippen LogP contribution in [0.4, 0.5) is 5.69 Å². The Balaban J connectivity index is 1.30. The van der Waals surface area contributed by atoms with Crippen molar-refractivity contribution in [2.45, 2.75) is 58.0 Å². The van der Waals surface area contributed by atoms with Crippen LogP contribution in [-0.4, -0.2) is 45.7 Å². The average molecular weight is 489 g/mol. The Morgan fingerprint density at radius 2 is 1.72 bits per heavy atom. The van der Waals surface area contributed by atoms with Gasteiger partial charge in [-0.2, -0.15) is 0 Å². The van der Waals surface area contributed by atoms with E-state index in [0.29, 0.717) is 25.1 Å². The average Bonchev–Trinajstić information content (AvgIpc) is 3.30. The van der Waals surface area contributed by atoms with Gasteiger partial charge < -0.3 is 19.9 Å². The fourth-order valence-electron chi connectivity index (χ4n) is 4.66. The number of carboxylic acid groups (broad SMARTS) is 1. The molecule has 7 heteroatoms. The van der Waals surface area contributed by atoms with Crippen molar-refractivity contribution in [2.24, 2.45) is 5.92 Å². The Bertz CT molecular complexity index is 1160. The Morgan fingerprint density at radius 3 is 2.33 bits per heavy atom. The highest BCUT2D eigenvalue weighted by Gasteiger charge is 2.29. The van der Waals surface area contributed by atoms with E-state index in [1.807, 2.05) is 41.1 Å². The lowest BCUT2D eigenvalue weighted by atomic mass is 9.87. The molecular formula is C29H36N4O3. The molecule has 0 radical (unpaired) electrons. The molecule has 7 nitrogen and oxygen atoms in total. The predicted octanol–water partition coefficient (Wildman–Crippen LogP) is 4.26. The van der Waals surface area contributed by atoms with Gasteiger partial charge in [-0.25, -0.2) is 9.78 Å². The van der Waals surface area contributed by atoms with Gasteiger partial charge in [0.1, 0.15) is 6.04 Å². The van der Waals surface area contributed by atoms with E-state index in [9.17, 15) is 14.7 Å². The number of aliphatic carboxylic acids is 1. The van der Waals surface area contributed by atoms with Gasteiger partial charge in [-0.1, -0.05) is 63.2 Å². The van der Waals surface area contributed by atoms with E-state index in [2.05, 4.69) is 60.2 Å². The number of carbonyl (C=O) groups excluding carboxylic acids is 1. The zero-order valence-electron chi connectivity index (χ0n) is 21.4. The number of amides is 1. The van der Waals surface area contributed by atoms with E-state index in [4.69, 9.17) is 0 Å². The topological polar surface area (TPSA) is 87.5 Å². The summed E-state index contributed by atoms with van der Waals surface area (Å²) in [6.45, 7) is 8.81. The Kier molecular flexibility index (Phi) is 7.77. The summed E-state index contributed by atoms with van der Waals surface area (Å²) in [4.78, 5) is 31.5. The zero-order valence-corrected chi connectivity index (χ0v) is 21.4. The van der Waals surface area contributed by atoms with Crippen LogP contribution in [0.1, 0.15) is 50.4 Å². The SMILES string of the molecule is CC(C)(C)c1ccc(N2CCC(C(=O)N[C@@H](Cc3cn(Cc4ccccc4)cn3)C(=O)O)CC2)cc1. The van der Waals surface area contributed by atoms with Crippen LogP contribution in [0.5, 0.6) is 0 Å². The second-order valence-corrected chi connectivity index (χ2v) is 10.7. The largest absolute Gasteiger partial charge is 0.480 e. The van der Waals surface area contributed by atoms with Crippen LogP contribution in [0.25, 0.3) is 0 Å². The molecule has 0 saturated carbocycles. The molecule has 1 saturated heterocycles. The number of imidazole rings is 1. The summed E-state index contributed by atoms with van der Waals surface area (Å²) in [6.07, 6.45) is 5.10. The van der Waals surface area contributed by atoms with Crippen LogP contribution in [0.3, 0.4) is 0 Å². The van der Waals surface area contributed by atoms with Gasteiger partial charge in [-0.05, 0) is 41.5 Å². The molecule has 36 heavy (non-hydrogen) atoms. The third-order valence-corrected chi connectivity index (χ3v) is 6.89. The Hall–Kier alpha value is -3.61. The van der Waals surface area contributed by atoms with Gasteiger partial charge in [-0.3, -0.25) is 4.79 Å². The molecule has 4 rings (SSSR count). The van der Waals surface area contributed by atoms with Crippen molar-refractivity contribution in [3.63, 3.8) is 0 Å². The van der Waals surface area contributed by atoms with Gasteiger partial charge in [0.15, 0.2) is 0 Å². The number of hydrogen-bond acceptors (Lipinski definition) is 4. The minimum Gasteiger partial charge on any atom is -0.480 e. The van der Waals surface area contributed by atoms with Crippen molar-refractivity contribution < 1.29 is 14.7 Å². The Labute approximate surface area is 213 Å². The molecule has 0 aliphatic carbocycles. The Morgan fingerprint density at radius 1 is 1.06 bits per heavy atom. The van der Waals surface area contributed by atoms with Crippen LogP contribution in [0.15, 0.2) is 67.1 Å². The number of aromatic nitrogens is 2. The molecule has 1 aliphatic rings. The molecule has 0 bridgehead atoms. The molecule has 1 aromatic heterocycles. The summed E-state index contributed by atoms with van der Waals surface area (Å²) in [7, 11) is 0. The molecule has 2 heterocycles. The number of nitrogens with one attached hydrogen (secondary N) is 1. The summed E-state index contributed by atoms with van der Waals surface area (Å²) >= 11 is 0. The van der Waals surface area contributed by atoms with Gasteiger partial charge >= 0.3 is 5.97 Å². The third-order valence-electron chi connectivity index (χ3n) is 6.89. The summed E-state index contributed by atoms with van der Waals surface area (Å²) in [5.41, 5.74) is 4.36. The van der Waals surface area contributed by atoms with E-state index in [1.165, 1.54) is 5.56 Å². The van der Waals surface area contributed by atoms with E-state index in [1.54, 1.807) is 6.33 Å². The first-order valence-electron chi connectivity index (χ1n) is 12.6. The lowest BCUT2D eigenvalue weighted by Gasteiger charge is -2.33. The molecule has 2 aromatic carbocycles. The van der Waals surface area contributed by atoms with E-state index >= 15 is 0 Å². The van der Waals surface area contributed by atoms with Crippen LogP contribution in [0, 0.1) is 5.92 Å². The summed E-state index contributed by atoms with van der Waals surface area (Å²) in [5, 5.41) is 12.5. The number of hydrogen-bond donors (Lipinski definition) is 2. The number of nitrogens with zero attached hydrogens (tertiary/aromatic N) is 3.